The number of methoxy groups -OCH3 is 1. The molecular weight excluding hydrogens is 282 g/mol. The molecule has 0 fully saturated rings. The number of nitrogens with two attached hydrogens (primary N) is 1. The molecule has 0 saturated heterocycles. The number of nitrogens with one attached hydrogen (secondary N) is 1. The van der Waals surface area contributed by atoms with Gasteiger partial charge in [0.1, 0.15) is 5.75 Å². The molecule has 106 valence electrons. The second kappa shape index (κ2) is 5.85. The maximum atomic E-state index is 5.68. The van der Waals surface area contributed by atoms with E-state index in [9.17, 15) is 0 Å². The number of rotatable bonds is 4. The zero-order valence-corrected chi connectivity index (χ0v) is 12.4. The third kappa shape index (κ3) is 2.98. The fourth-order valence-electron chi connectivity index (χ4n) is 2.00. The van der Waals surface area contributed by atoms with E-state index in [0.717, 1.165) is 33.5 Å². The molecule has 0 atom stereocenters. The zero-order valence-electron chi connectivity index (χ0n) is 11.5. The van der Waals surface area contributed by atoms with Crippen LogP contribution in [-0.2, 0) is 0 Å². The van der Waals surface area contributed by atoms with Crippen LogP contribution >= 0.6 is 11.3 Å². The Labute approximate surface area is 127 Å². The van der Waals surface area contributed by atoms with Crippen LogP contribution in [0.2, 0.25) is 0 Å². The Morgan fingerprint density at radius 2 is 1.86 bits per heavy atom. The molecule has 5 heteroatoms. The maximum absolute atomic E-state index is 5.68. The molecular formula is C16H15N3OS. The van der Waals surface area contributed by atoms with Gasteiger partial charge in [-0.3, -0.25) is 0 Å². The predicted molar refractivity (Wildman–Crippen MR) is 88.2 cm³/mol. The average Bonchev–Trinajstić information content (AvgIpc) is 2.98. The van der Waals surface area contributed by atoms with Crippen molar-refractivity contribution in [3.63, 3.8) is 0 Å². The third-order valence-electron chi connectivity index (χ3n) is 3.05. The standard InChI is InChI=1S/C16H15N3OS/c1-20-15-5-3-2-4-13(15)14-10-21-16(19-14)18-12-8-6-11(17)7-9-12/h2-10H,17H2,1H3,(H,18,19). The number of aromatic nitrogens is 1. The van der Waals surface area contributed by atoms with Gasteiger partial charge in [0.2, 0.25) is 0 Å². The minimum absolute atomic E-state index is 0.745. The molecule has 0 saturated carbocycles. The second-order valence-electron chi connectivity index (χ2n) is 4.49. The Morgan fingerprint density at radius 1 is 1.10 bits per heavy atom. The fourth-order valence-corrected chi connectivity index (χ4v) is 2.73. The number of nitrogens with zero attached hydrogens (tertiary/aromatic N) is 1. The molecule has 1 aromatic heterocycles. The van der Waals surface area contributed by atoms with Crippen LogP contribution in [0.5, 0.6) is 5.75 Å². The summed E-state index contributed by atoms with van der Waals surface area (Å²) in [7, 11) is 1.67. The number of nitrogen functional groups attached to an aromatic ring is 1. The quantitative estimate of drug-likeness (QED) is 0.710. The average molecular weight is 297 g/mol. The number of hydrogen-bond donors (Lipinski definition) is 2. The van der Waals surface area contributed by atoms with Crippen molar-refractivity contribution in [2.24, 2.45) is 0 Å². The summed E-state index contributed by atoms with van der Waals surface area (Å²) in [5, 5.41) is 6.12. The monoisotopic (exact) mass is 297 g/mol. The van der Waals surface area contributed by atoms with Crippen molar-refractivity contribution < 1.29 is 4.74 Å². The molecule has 4 nitrogen and oxygen atoms in total. The summed E-state index contributed by atoms with van der Waals surface area (Å²) in [5.41, 5.74) is 9.27. The van der Waals surface area contributed by atoms with Gasteiger partial charge in [-0.2, -0.15) is 0 Å². The first-order valence-corrected chi connectivity index (χ1v) is 7.36. The summed E-state index contributed by atoms with van der Waals surface area (Å²) in [6.07, 6.45) is 0. The number of ether oxygens (including phenoxy) is 1. The van der Waals surface area contributed by atoms with Crippen molar-refractivity contribution in [1.29, 1.82) is 0 Å². The Kier molecular flexibility index (Phi) is 3.75. The van der Waals surface area contributed by atoms with Gasteiger partial charge in [0.05, 0.1) is 12.8 Å². The predicted octanol–water partition coefficient (Wildman–Crippen LogP) is 4.14. The highest BCUT2D eigenvalue weighted by Gasteiger charge is 2.09. The highest BCUT2D eigenvalue weighted by Crippen LogP contribution is 2.32. The SMILES string of the molecule is COc1ccccc1-c1csc(Nc2ccc(N)cc2)n1. The summed E-state index contributed by atoms with van der Waals surface area (Å²) >= 11 is 1.55. The van der Waals surface area contributed by atoms with Gasteiger partial charge < -0.3 is 15.8 Å². The Bertz CT molecular complexity index is 737. The largest absolute Gasteiger partial charge is 0.496 e. The number of para-hydroxylation sites is 1. The molecule has 0 radical (unpaired) electrons. The fraction of sp³-hybridized carbons (Fsp3) is 0.0625. The minimum Gasteiger partial charge on any atom is -0.496 e. The van der Waals surface area contributed by atoms with Crippen LogP contribution in [0, 0.1) is 0 Å². The smallest absolute Gasteiger partial charge is 0.187 e. The highest BCUT2D eigenvalue weighted by atomic mass is 32.1. The molecule has 2 aromatic carbocycles. The van der Waals surface area contributed by atoms with Gasteiger partial charge in [0.25, 0.3) is 0 Å². The van der Waals surface area contributed by atoms with Gasteiger partial charge in [0.15, 0.2) is 5.13 Å². The van der Waals surface area contributed by atoms with Crippen LogP contribution in [0.3, 0.4) is 0 Å². The second-order valence-corrected chi connectivity index (χ2v) is 5.34. The summed E-state index contributed by atoms with van der Waals surface area (Å²) in [6.45, 7) is 0. The van der Waals surface area contributed by atoms with E-state index in [-0.39, 0.29) is 0 Å². The Hall–Kier alpha value is -2.53. The van der Waals surface area contributed by atoms with Gasteiger partial charge in [-0.05, 0) is 36.4 Å². The molecule has 0 spiro atoms. The lowest BCUT2D eigenvalue weighted by molar-refractivity contribution is 0.416. The topological polar surface area (TPSA) is 60.2 Å². The molecule has 0 bridgehead atoms. The lowest BCUT2D eigenvalue weighted by Gasteiger charge is -2.05. The van der Waals surface area contributed by atoms with Gasteiger partial charge in [0, 0.05) is 22.3 Å². The van der Waals surface area contributed by atoms with E-state index in [4.69, 9.17) is 10.5 Å². The van der Waals surface area contributed by atoms with E-state index in [0.29, 0.717) is 0 Å². The molecule has 3 aromatic rings. The minimum atomic E-state index is 0.745. The molecule has 0 aliphatic carbocycles. The first-order valence-electron chi connectivity index (χ1n) is 6.48. The van der Waals surface area contributed by atoms with E-state index in [1.807, 2.05) is 53.9 Å². The summed E-state index contributed by atoms with van der Waals surface area (Å²) in [5.74, 6) is 0.821. The summed E-state index contributed by atoms with van der Waals surface area (Å²) in [6, 6.07) is 15.4. The Morgan fingerprint density at radius 3 is 2.62 bits per heavy atom. The van der Waals surface area contributed by atoms with E-state index in [1.165, 1.54) is 0 Å². The van der Waals surface area contributed by atoms with E-state index < -0.39 is 0 Å². The van der Waals surface area contributed by atoms with Gasteiger partial charge in [-0.25, -0.2) is 4.98 Å². The highest BCUT2D eigenvalue weighted by molar-refractivity contribution is 7.14. The summed E-state index contributed by atoms with van der Waals surface area (Å²) < 4.78 is 5.37. The molecule has 1 heterocycles. The van der Waals surface area contributed by atoms with Crippen LogP contribution in [-0.4, -0.2) is 12.1 Å². The van der Waals surface area contributed by atoms with Gasteiger partial charge in [-0.15, -0.1) is 11.3 Å². The van der Waals surface area contributed by atoms with Crippen molar-refractivity contribution in [1.82, 2.24) is 4.98 Å². The van der Waals surface area contributed by atoms with Gasteiger partial charge >= 0.3 is 0 Å². The van der Waals surface area contributed by atoms with Crippen LogP contribution in [0.25, 0.3) is 11.3 Å². The maximum Gasteiger partial charge on any atom is 0.187 e. The van der Waals surface area contributed by atoms with Crippen molar-refractivity contribution >= 4 is 27.8 Å². The lowest BCUT2D eigenvalue weighted by Crippen LogP contribution is -1.91. The molecule has 3 N–H and O–H groups in total. The van der Waals surface area contributed by atoms with Crippen LogP contribution < -0.4 is 15.8 Å². The third-order valence-corrected chi connectivity index (χ3v) is 3.81. The van der Waals surface area contributed by atoms with E-state index in [1.54, 1.807) is 18.4 Å². The zero-order chi connectivity index (χ0) is 14.7. The van der Waals surface area contributed by atoms with Crippen molar-refractivity contribution in [2.45, 2.75) is 0 Å². The molecule has 3 rings (SSSR count). The lowest BCUT2D eigenvalue weighted by atomic mass is 10.1. The van der Waals surface area contributed by atoms with Crippen molar-refractivity contribution in [2.75, 3.05) is 18.2 Å². The normalized spacial score (nSPS) is 10.3. The molecule has 0 unspecified atom stereocenters. The Balaban J connectivity index is 1.84. The van der Waals surface area contributed by atoms with E-state index in [2.05, 4.69) is 10.3 Å². The molecule has 0 aliphatic rings. The number of thiazole rings is 1. The van der Waals surface area contributed by atoms with Crippen LogP contribution in [0.1, 0.15) is 0 Å². The molecule has 0 aliphatic heterocycles. The van der Waals surface area contributed by atoms with Crippen LogP contribution in [0.4, 0.5) is 16.5 Å². The number of benzene rings is 2. The van der Waals surface area contributed by atoms with Gasteiger partial charge in [-0.1, -0.05) is 12.1 Å². The van der Waals surface area contributed by atoms with Crippen molar-refractivity contribution in [3.05, 3.63) is 53.9 Å². The van der Waals surface area contributed by atoms with Crippen molar-refractivity contribution in [3.8, 4) is 17.0 Å². The van der Waals surface area contributed by atoms with E-state index >= 15 is 0 Å². The number of anilines is 3. The number of hydrogen-bond acceptors (Lipinski definition) is 5. The molecule has 21 heavy (non-hydrogen) atoms. The molecule has 0 amide bonds. The first-order chi connectivity index (χ1) is 10.3. The first kappa shape index (κ1) is 13.5. The summed E-state index contributed by atoms with van der Waals surface area (Å²) in [4.78, 5) is 4.60. The van der Waals surface area contributed by atoms with Crippen LogP contribution in [0.15, 0.2) is 53.9 Å².